The number of allylic oxidation sites excluding steroid dienone is 1. The van der Waals surface area contributed by atoms with Crippen molar-refractivity contribution in [1.82, 2.24) is 29.9 Å². The van der Waals surface area contributed by atoms with Gasteiger partial charge in [0.05, 0.1) is 23.0 Å². The predicted molar refractivity (Wildman–Crippen MR) is 146 cm³/mol. The number of hydrogen-bond acceptors (Lipinski definition) is 11. The molecule has 4 heterocycles. The van der Waals surface area contributed by atoms with Gasteiger partial charge in [-0.05, 0) is 29.3 Å². The van der Waals surface area contributed by atoms with Crippen molar-refractivity contribution in [1.29, 1.82) is 5.26 Å². The molecule has 39 heavy (non-hydrogen) atoms. The number of piperazine rings is 1. The number of nitrogens with one attached hydrogen (secondary N) is 1. The molecule has 2 aliphatic rings. The highest BCUT2D eigenvalue weighted by molar-refractivity contribution is 8.04. The number of aromatic nitrogens is 4. The average Bonchev–Trinajstić information content (AvgIpc) is 3.64. The number of nitrogens with zero attached hydrogens (tertiary/aromatic N) is 7. The third kappa shape index (κ3) is 6.09. The fourth-order valence-electron chi connectivity index (χ4n) is 4.52. The Bertz CT molecular complexity index is 1470. The van der Waals surface area contributed by atoms with E-state index < -0.39 is 0 Å². The maximum absolute atomic E-state index is 9.85. The molecule has 0 aliphatic carbocycles. The molecule has 2 aromatic heterocycles. The molecule has 0 spiro atoms. The molecule has 0 bridgehead atoms. The Hall–Kier alpha value is -4.24. The standard InChI is InChI=1S/C28H26N8O2S/c29-15-22(27-32-24-3-1-2-4-25(24)39-27)23-9-10-30-28(33-23)37-18-21-7-5-20(6-8-21)16-35-11-13-36(14-12-35)17-26-31-19-38-34-26/h1-10,19,32H,11-14,16-18H2/b27-22-. The van der Waals surface area contributed by atoms with Gasteiger partial charge < -0.3 is 14.6 Å². The Morgan fingerprint density at radius 2 is 1.74 bits per heavy atom. The van der Waals surface area contributed by atoms with Crippen molar-refractivity contribution in [3.05, 3.63) is 94.9 Å². The molecule has 4 aromatic rings. The summed E-state index contributed by atoms with van der Waals surface area (Å²) in [5.41, 5.74) is 4.26. The van der Waals surface area contributed by atoms with E-state index in [1.54, 1.807) is 12.3 Å². The lowest BCUT2D eigenvalue weighted by atomic mass is 10.1. The first-order chi connectivity index (χ1) is 19.2. The van der Waals surface area contributed by atoms with E-state index >= 15 is 0 Å². The summed E-state index contributed by atoms with van der Waals surface area (Å²) in [7, 11) is 0. The van der Waals surface area contributed by atoms with Crippen molar-refractivity contribution < 1.29 is 9.26 Å². The summed E-state index contributed by atoms with van der Waals surface area (Å²) in [5, 5.41) is 17.8. The number of hydrogen-bond donors (Lipinski definition) is 1. The Morgan fingerprint density at radius 1 is 0.974 bits per heavy atom. The summed E-state index contributed by atoms with van der Waals surface area (Å²) in [6, 6.07) is 20.6. The number of para-hydroxylation sites is 1. The summed E-state index contributed by atoms with van der Waals surface area (Å²) in [4.78, 5) is 18.7. The summed E-state index contributed by atoms with van der Waals surface area (Å²) in [5.74, 6) is 0.733. The maximum atomic E-state index is 9.85. The van der Waals surface area contributed by atoms with Crippen molar-refractivity contribution >= 4 is 23.0 Å². The van der Waals surface area contributed by atoms with E-state index in [1.807, 2.05) is 24.3 Å². The molecule has 0 unspecified atom stereocenters. The molecule has 0 atom stereocenters. The predicted octanol–water partition coefficient (Wildman–Crippen LogP) is 4.17. The van der Waals surface area contributed by atoms with Gasteiger partial charge in [-0.3, -0.25) is 9.80 Å². The van der Waals surface area contributed by atoms with Crippen LogP contribution in [0.25, 0.3) is 5.57 Å². The Morgan fingerprint density at radius 3 is 2.49 bits per heavy atom. The van der Waals surface area contributed by atoms with Crippen LogP contribution in [0.3, 0.4) is 0 Å². The minimum absolute atomic E-state index is 0.240. The van der Waals surface area contributed by atoms with Gasteiger partial charge in [0.15, 0.2) is 5.82 Å². The monoisotopic (exact) mass is 538 g/mol. The van der Waals surface area contributed by atoms with Gasteiger partial charge in [-0.15, -0.1) is 0 Å². The van der Waals surface area contributed by atoms with Gasteiger partial charge in [-0.2, -0.15) is 15.2 Å². The number of benzene rings is 2. The van der Waals surface area contributed by atoms with E-state index in [4.69, 9.17) is 9.26 Å². The molecule has 2 aliphatic heterocycles. The molecule has 1 saturated heterocycles. The smallest absolute Gasteiger partial charge is 0.317 e. The fourth-order valence-corrected chi connectivity index (χ4v) is 5.53. The van der Waals surface area contributed by atoms with Crippen LogP contribution in [0.15, 0.2) is 81.6 Å². The fraction of sp³-hybridized carbons (Fsp3) is 0.250. The van der Waals surface area contributed by atoms with Gasteiger partial charge in [0.25, 0.3) is 0 Å². The van der Waals surface area contributed by atoms with Crippen LogP contribution in [-0.2, 0) is 19.7 Å². The van der Waals surface area contributed by atoms with Gasteiger partial charge in [0, 0.05) is 43.8 Å². The second kappa shape index (κ2) is 11.7. The summed E-state index contributed by atoms with van der Waals surface area (Å²) in [6.45, 7) is 5.93. The maximum Gasteiger partial charge on any atom is 0.317 e. The second-order valence-corrected chi connectivity index (χ2v) is 10.3. The number of thioether (sulfide) groups is 1. The van der Waals surface area contributed by atoms with Crippen molar-refractivity contribution in [3.63, 3.8) is 0 Å². The first-order valence-corrected chi connectivity index (χ1v) is 13.5. The lowest BCUT2D eigenvalue weighted by molar-refractivity contribution is 0.119. The molecule has 196 valence electrons. The zero-order valence-electron chi connectivity index (χ0n) is 21.2. The average molecular weight is 539 g/mol. The Balaban J connectivity index is 1.02. The van der Waals surface area contributed by atoms with Crippen LogP contribution in [0.5, 0.6) is 6.01 Å². The number of rotatable bonds is 8. The number of anilines is 1. The van der Waals surface area contributed by atoms with Gasteiger partial charge >= 0.3 is 6.01 Å². The SMILES string of the molecule is N#C/C(=C1\Nc2ccccc2S1)c1ccnc(OCc2ccc(CN3CCN(Cc4ncon4)CC3)cc2)n1. The van der Waals surface area contributed by atoms with Gasteiger partial charge in [-0.1, -0.05) is 53.3 Å². The van der Waals surface area contributed by atoms with Crippen molar-refractivity contribution in [3.8, 4) is 12.1 Å². The molecule has 10 nitrogen and oxygen atoms in total. The molecule has 2 aromatic carbocycles. The lowest BCUT2D eigenvalue weighted by Gasteiger charge is -2.34. The van der Waals surface area contributed by atoms with Crippen LogP contribution in [0, 0.1) is 11.3 Å². The molecule has 1 N–H and O–H groups in total. The largest absolute Gasteiger partial charge is 0.459 e. The lowest BCUT2D eigenvalue weighted by Crippen LogP contribution is -2.45. The summed E-state index contributed by atoms with van der Waals surface area (Å²) >= 11 is 1.52. The second-order valence-electron chi connectivity index (χ2n) is 9.27. The molecular weight excluding hydrogens is 512 g/mol. The molecule has 0 saturated carbocycles. The van der Waals surface area contributed by atoms with E-state index in [0.29, 0.717) is 17.9 Å². The van der Waals surface area contributed by atoms with Gasteiger partial charge in [0.2, 0.25) is 6.39 Å². The Kier molecular flexibility index (Phi) is 7.49. The van der Waals surface area contributed by atoms with E-state index in [2.05, 4.69) is 65.6 Å². The molecule has 0 radical (unpaired) electrons. The van der Waals surface area contributed by atoms with Crippen LogP contribution < -0.4 is 10.1 Å². The van der Waals surface area contributed by atoms with Crippen LogP contribution in [-0.4, -0.2) is 56.1 Å². The van der Waals surface area contributed by atoms with Crippen molar-refractivity contribution in [2.24, 2.45) is 0 Å². The number of nitriles is 1. The number of fused-ring (bicyclic) bond motifs is 1. The molecule has 11 heteroatoms. The first-order valence-electron chi connectivity index (χ1n) is 12.7. The molecule has 0 amide bonds. The minimum Gasteiger partial charge on any atom is -0.459 e. The van der Waals surface area contributed by atoms with Gasteiger partial charge in [-0.25, -0.2) is 4.98 Å². The number of ether oxygens (including phenoxy) is 1. The van der Waals surface area contributed by atoms with E-state index in [0.717, 1.165) is 66.3 Å². The van der Waals surface area contributed by atoms with Gasteiger partial charge in [0.1, 0.15) is 18.2 Å². The first kappa shape index (κ1) is 25.1. The third-order valence-corrected chi connectivity index (χ3v) is 7.70. The summed E-state index contributed by atoms with van der Waals surface area (Å²) in [6.07, 6.45) is 2.99. The van der Waals surface area contributed by atoms with Crippen molar-refractivity contribution in [2.75, 3.05) is 31.5 Å². The zero-order valence-corrected chi connectivity index (χ0v) is 22.0. The van der Waals surface area contributed by atoms with Crippen molar-refractivity contribution in [2.45, 2.75) is 24.6 Å². The molecule has 6 rings (SSSR count). The van der Waals surface area contributed by atoms with Crippen LogP contribution in [0.2, 0.25) is 0 Å². The third-order valence-electron chi connectivity index (χ3n) is 6.61. The highest BCUT2D eigenvalue weighted by Crippen LogP contribution is 2.43. The Labute approximate surface area is 230 Å². The summed E-state index contributed by atoms with van der Waals surface area (Å²) < 4.78 is 10.7. The highest BCUT2D eigenvalue weighted by atomic mass is 32.2. The quantitative estimate of drug-likeness (QED) is 0.326. The topological polar surface area (TPSA) is 116 Å². The molecular formula is C28H26N8O2S. The van der Waals surface area contributed by atoms with E-state index in [9.17, 15) is 5.26 Å². The normalized spacial score (nSPS) is 16.8. The minimum atomic E-state index is 0.240. The molecule has 1 fully saturated rings. The van der Waals surface area contributed by atoms with Crippen LogP contribution >= 0.6 is 11.8 Å². The van der Waals surface area contributed by atoms with E-state index in [1.165, 1.54) is 23.7 Å². The van der Waals surface area contributed by atoms with E-state index in [-0.39, 0.29) is 6.01 Å². The van der Waals surface area contributed by atoms with Crippen LogP contribution in [0.1, 0.15) is 22.6 Å². The van der Waals surface area contributed by atoms with Crippen LogP contribution in [0.4, 0.5) is 5.69 Å². The highest BCUT2D eigenvalue weighted by Gasteiger charge is 2.21. The zero-order chi connectivity index (χ0) is 26.4.